The number of hydrogen-bond donors (Lipinski definition) is 0. The monoisotopic (exact) mass is 257 g/mol. The molecule has 0 heterocycles. The summed E-state index contributed by atoms with van der Waals surface area (Å²) in [5.74, 6) is -1.33. The summed E-state index contributed by atoms with van der Waals surface area (Å²) in [7, 11) is 0. The van der Waals surface area contributed by atoms with Gasteiger partial charge in [0.2, 0.25) is 6.08 Å². The molecule has 0 spiro atoms. The lowest BCUT2D eigenvalue weighted by atomic mass is 9.88. The van der Waals surface area contributed by atoms with E-state index >= 15 is 0 Å². The number of hydrogen-bond acceptors (Lipinski definition) is 2. The van der Waals surface area contributed by atoms with Crippen LogP contribution in [0.15, 0.2) is 17.1 Å². The van der Waals surface area contributed by atoms with Crippen LogP contribution in [0.5, 0.6) is 0 Å². The molecule has 1 fully saturated rings. The molecule has 2 rings (SSSR count). The summed E-state index contributed by atoms with van der Waals surface area (Å²) in [6, 6.07) is 1.98. The van der Waals surface area contributed by atoms with Gasteiger partial charge in [0.1, 0.15) is 17.2 Å². The number of carbonyl (C=O) groups excluding carboxylic acids is 1. The molecule has 0 aliphatic heterocycles. The van der Waals surface area contributed by atoms with Crippen molar-refractivity contribution in [2.24, 2.45) is 4.99 Å². The molecule has 0 amide bonds. The molecule has 1 saturated carbocycles. The number of aliphatic imine (C=N–C) groups is 1. The molecule has 1 aromatic carbocycles. The van der Waals surface area contributed by atoms with Crippen LogP contribution in [0.1, 0.15) is 31.2 Å². The predicted octanol–water partition coefficient (Wildman–Crippen LogP) is 3.72. The molecule has 0 radical (unpaired) electrons. The van der Waals surface area contributed by atoms with E-state index in [4.69, 9.17) is 11.6 Å². The van der Waals surface area contributed by atoms with Gasteiger partial charge < -0.3 is 0 Å². The fraction of sp³-hybridized carbons (Fsp3) is 0.417. The van der Waals surface area contributed by atoms with E-state index in [1.54, 1.807) is 0 Å². The summed E-state index contributed by atoms with van der Waals surface area (Å²) in [6.07, 6.45) is 4.03. The van der Waals surface area contributed by atoms with Gasteiger partial charge in [-0.3, -0.25) is 0 Å². The summed E-state index contributed by atoms with van der Waals surface area (Å²) in [5, 5.41) is -0.286. The van der Waals surface area contributed by atoms with Crippen molar-refractivity contribution < 1.29 is 13.6 Å². The van der Waals surface area contributed by atoms with Crippen molar-refractivity contribution >= 4 is 17.7 Å². The minimum atomic E-state index is -1.04. The second-order valence-electron chi connectivity index (χ2n) is 4.16. The number of nitrogens with zero attached hydrogens (tertiary/aromatic N) is 1. The summed E-state index contributed by atoms with van der Waals surface area (Å²) in [4.78, 5) is 14.2. The zero-order chi connectivity index (χ0) is 12.5. The van der Waals surface area contributed by atoms with Crippen LogP contribution < -0.4 is 0 Å². The number of benzene rings is 1. The Morgan fingerprint density at radius 1 is 1.24 bits per heavy atom. The second-order valence-corrected chi connectivity index (χ2v) is 4.54. The van der Waals surface area contributed by atoms with Crippen LogP contribution >= 0.6 is 11.6 Å². The molecule has 1 aromatic rings. The molecule has 0 bridgehead atoms. The summed E-state index contributed by atoms with van der Waals surface area (Å²) >= 11 is 5.80. The smallest absolute Gasteiger partial charge is 0.211 e. The molecule has 2 nitrogen and oxygen atoms in total. The first-order chi connectivity index (χ1) is 8.10. The molecular formula is C12H10ClF2NO. The third kappa shape index (κ3) is 1.99. The zero-order valence-corrected chi connectivity index (χ0v) is 9.73. The Bertz CT molecular complexity index is 492. The van der Waals surface area contributed by atoms with Crippen LogP contribution in [0.4, 0.5) is 8.78 Å². The Labute approximate surface area is 102 Å². The normalized spacial score (nSPS) is 17.8. The highest BCUT2D eigenvalue weighted by Crippen LogP contribution is 2.46. The lowest BCUT2D eigenvalue weighted by Crippen LogP contribution is -2.21. The van der Waals surface area contributed by atoms with E-state index in [-0.39, 0.29) is 10.6 Å². The molecule has 0 aromatic heterocycles. The van der Waals surface area contributed by atoms with Crippen LogP contribution in [0.25, 0.3) is 0 Å². The standard InChI is InChI=1S/C12H10ClF2NO/c13-11-9(15)4-3-8(14)10(11)12(16-7-17)5-1-2-6-12/h3-4H,1-2,5-6H2. The molecule has 1 aliphatic rings. The van der Waals surface area contributed by atoms with Crippen LogP contribution in [-0.4, -0.2) is 6.08 Å². The van der Waals surface area contributed by atoms with Gasteiger partial charge >= 0.3 is 0 Å². The molecule has 5 heteroatoms. The summed E-state index contributed by atoms with van der Waals surface area (Å²) in [6.45, 7) is 0. The van der Waals surface area contributed by atoms with E-state index in [0.29, 0.717) is 12.8 Å². The first kappa shape index (κ1) is 12.2. The van der Waals surface area contributed by atoms with Gasteiger partial charge in [0.05, 0.1) is 5.02 Å². The minimum absolute atomic E-state index is 0.0139. The zero-order valence-electron chi connectivity index (χ0n) is 8.97. The SMILES string of the molecule is O=C=NC1(c2c(F)ccc(F)c2Cl)CCCC1. The highest BCUT2D eigenvalue weighted by Gasteiger charge is 2.40. The van der Waals surface area contributed by atoms with Gasteiger partial charge in [-0.05, 0) is 25.0 Å². The van der Waals surface area contributed by atoms with E-state index in [9.17, 15) is 13.6 Å². The summed E-state index contributed by atoms with van der Waals surface area (Å²) in [5.41, 5.74) is -1.05. The Hall–Kier alpha value is -1.25. The molecule has 0 saturated heterocycles. The van der Waals surface area contributed by atoms with Gasteiger partial charge in [0, 0.05) is 5.56 Å². The Balaban J connectivity index is 2.65. The predicted molar refractivity (Wildman–Crippen MR) is 59.6 cm³/mol. The second kappa shape index (κ2) is 4.55. The fourth-order valence-electron chi connectivity index (χ4n) is 2.42. The Morgan fingerprint density at radius 3 is 2.41 bits per heavy atom. The van der Waals surface area contributed by atoms with E-state index < -0.39 is 17.2 Å². The van der Waals surface area contributed by atoms with Gasteiger partial charge in [0.25, 0.3) is 0 Å². The van der Waals surface area contributed by atoms with Gasteiger partial charge in [-0.1, -0.05) is 24.4 Å². The van der Waals surface area contributed by atoms with Crippen molar-refractivity contribution in [1.82, 2.24) is 0 Å². The lowest BCUT2D eigenvalue weighted by Gasteiger charge is -2.24. The van der Waals surface area contributed by atoms with Crippen LogP contribution in [0, 0.1) is 11.6 Å². The first-order valence-corrected chi connectivity index (χ1v) is 5.71. The summed E-state index contributed by atoms with van der Waals surface area (Å²) < 4.78 is 27.2. The highest BCUT2D eigenvalue weighted by molar-refractivity contribution is 6.31. The van der Waals surface area contributed by atoms with Gasteiger partial charge in [-0.15, -0.1) is 0 Å². The lowest BCUT2D eigenvalue weighted by molar-refractivity contribution is 0.427. The largest absolute Gasteiger partial charge is 0.235 e. The molecule has 1 aliphatic carbocycles. The van der Waals surface area contributed by atoms with Crippen LogP contribution in [-0.2, 0) is 10.3 Å². The number of isocyanates is 1. The average molecular weight is 258 g/mol. The van der Waals surface area contributed by atoms with Crippen molar-refractivity contribution in [3.63, 3.8) is 0 Å². The number of rotatable bonds is 2. The third-order valence-corrected chi connectivity index (χ3v) is 3.57. The minimum Gasteiger partial charge on any atom is -0.211 e. The average Bonchev–Trinajstić information content (AvgIpc) is 2.74. The Morgan fingerprint density at radius 2 is 1.82 bits per heavy atom. The molecule has 0 N–H and O–H groups in total. The quantitative estimate of drug-likeness (QED) is 0.451. The molecule has 0 atom stereocenters. The van der Waals surface area contributed by atoms with Crippen molar-refractivity contribution in [3.05, 3.63) is 34.4 Å². The maximum Gasteiger partial charge on any atom is 0.235 e. The maximum atomic E-state index is 13.8. The van der Waals surface area contributed by atoms with E-state index in [2.05, 4.69) is 4.99 Å². The van der Waals surface area contributed by atoms with Crippen LogP contribution in [0.2, 0.25) is 5.02 Å². The van der Waals surface area contributed by atoms with Crippen molar-refractivity contribution in [2.45, 2.75) is 31.2 Å². The molecule has 0 unspecified atom stereocenters. The highest BCUT2D eigenvalue weighted by atomic mass is 35.5. The third-order valence-electron chi connectivity index (χ3n) is 3.20. The van der Waals surface area contributed by atoms with Crippen molar-refractivity contribution in [1.29, 1.82) is 0 Å². The number of halogens is 3. The molecule has 90 valence electrons. The fourth-order valence-corrected chi connectivity index (χ4v) is 2.75. The van der Waals surface area contributed by atoms with E-state index in [1.165, 1.54) is 6.08 Å². The first-order valence-electron chi connectivity index (χ1n) is 5.34. The van der Waals surface area contributed by atoms with E-state index in [0.717, 1.165) is 25.0 Å². The molecule has 17 heavy (non-hydrogen) atoms. The maximum absolute atomic E-state index is 13.8. The van der Waals surface area contributed by atoms with Gasteiger partial charge in [-0.2, -0.15) is 4.99 Å². The topological polar surface area (TPSA) is 29.4 Å². The van der Waals surface area contributed by atoms with Gasteiger partial charge in [-0.25, -0.2) is 13.6 Å². The van der Waals surface area contributed by atoms with Crippen LogP contribution in [0.3, 0.4) is 0 Å². The van der Waals surface area contributed by atoms with Gasteiger partial charge in [0.15, 0.2) is 0 Å². The van der Waals surface area contributed by atoms with E-state index in [1.807, 2.05) is 0 Å². The van der Waals surface area contributed by atoms with Crippen molar-refractivity contribution in [3.8, 4) is 0 Å². The molecular weight excluding hydrogens is 248 g/mol. The van der Waals surface area contributed by atoms with Crippen molar-refractivity contribution in [2.75, 3.05) is 0 Å². The Kier molecular flexibility index (Phi) is 3.27.